The summed E-state index contributed by atoms with van der Waals surface area (Å²) in [5.41, 5.74) is 6.81. The van der Waals surface area contributed by atoms with Gasteiger partial charge in [-0.05, 0) is 80.5 Å². The summed E-state index contributed by atoms with van der Waals surface area (Å²) in [6, 6.07) is 16.8. The fraction of sp³-hybridized carbons (Fsp3) is 0.238. The minimum Gasteiger partial charge on any atom is -0.361 e. The first-order valence-corrected chi connectivity index (χ1v) is 9.18. The van der Waals surface area contributed by atoms with E-state index in [1.807, 2.05) is 24.4 Å². The number of rotatable bonds is 3. The van der Waals surface area contributed by atoms with Gasteiger partial charge < -0.3 is 15.2 Å². The molecule has 1 aromatic carbocycles. The highest BCUT2D eigenvalue weighted by Gasteiger charge is 2.41. The van der Waals surface area contributed by atoms with Gasteiger partial charge in [0.2, 0.25) is 0 Å². The number of hydrogen-bond acceptors (Lipinski definition) is 2. The van der Waals surface area contributed by atoms with Crippen molar-refractivity contribution in [3.63, 3.8) is 0 Å². The molecule has 0 amide bonds. The number of thiocarbonyl (C=S) groups is 1. The van der Waals surface area contributed by atoms with E-state index >= 15 is 0 Å². The maximum atomic E-state index is 5.74. The van der Waals surface area contributed by atoms with Crippen molar-refractivity contribution in [1.82, 2.24) is 15.3 Å². The number of anilines is 1. The van der Waals surface area contributed by atoms with Crippen molar-refractivity contribution in [2.45, 2.75) is 32.9 Å². The molecule has 1 aliphatic heterocycles. The monoisotopic (exact) mass is 362 g/mol. The van der Waals surface area contributed by atoms with Crippen LogP contribution < -0.4 is 10.2 Å². The van der Waals surface area contributed by atoms with Gasteiger partial charge >= 0.3 is 0 Å². The lowest BCUT2D eigenvalue weighted by molar-refractivity contribution is 0.558. The molecule has 3 heterocycles. The lowest BCUT2D eigenvalue weighted by Gasteiger charge is -2.27. The summed E-state index contributed by atoms with van der Waals surface area (Å²) in [5.74, 6) is 0. The molecule has 2 N–H and O–H groups in total. The van der Waals surface area contributed by atoms with E-state index < -0.39 is 0 Å². The van der Waals surface area contributed by atoms with E-state index in [-0.39, 0.29) is 12.1 Å². The first-order chi connectivity index (χ1) is 12.5. The molecule has 3 aromatic rings. The molecular formula is C21H22N4S. The molecule has 0 bridgehead atoms. The number of H-pyrrole nitrogens is 1. The summed E-state index contributed by atoms with van der Waals surface area (Å²) >= 11 is 5.74. The number of pyridine rings is 1. The Balaban J connectivity index is 1.85. The SMILES string of the molecule is Cc1cc(C)cc(N2C(=S)N[C@H](c3ccccn3)[C@@H]2c2ccc(C)[nH]2)c1. The lowest BCUT2D eigenvalue weighted by Crippen LogP contribution is -2.29. The molecule has 2 atom stereocenters. The van der Waals surface area contributed by atoms with Gasteiger partial charge in [0.05, 0.1) is 11.7 Å². The maximum Gasteiger partial charge on any atom is 0.174 e. The Labute approximate surface area is 159 Å². The van der Waals surface area contributed by atoms with Gasteiger partial charge in [0.25, 0.3) is 0 Å². The summed E-state index contributed by atoms with van der Waals surface area (Å²) in [6.07, 6.45) is 1.83. The van der Waals surface area contributed by atoms with Crippen molar-refractivity contribution in [2.75, 3.05) is 4.90 Å². The van der Waals surface area contributed by atoms with E-state index in [4.69, 9.17) is 12.2 Å². The van der Waals surface area contributed by atoms with Gasteiger partial charge in [0.15, 0.2) is 5.11 Å². The molecule has 0 aliphatic carbocycles. The Hall–Kier alpha value is -2.66. The number of aryl methyl sites for hydroxylation is 3. The Morgan fingerprint density at radius 3 is 2.38 bits per heavy atom. The van der Waals surface area contributed by atoms with Crippen molar-refractivity contribution in [3.8, 4) is 0 Å². The van der Waals surface area contributed by atoms with Gasteiger partial charge in [-0.1, -0.05) is 12.1 Å². The van der Waals surface area contributed by atoms with Crippen molar-refractivity contribution in [1.29, 1.82) is 0 Å². The van der Waals surface area contributed by atoms with Crippen LogP contribution in [0.25, 0.3) is 0 Å². The molecule has 132 valence electrons. The predicted molar refractivity (Wildman–Crippen MR) is 109 cm³/mol. The Kier molecular flexibility index (Phi) is 4.24. The van der Waals surface area contributed by atoms with Gasteiger partial charge in [-0.3, -0.25) is 4.98 Å². The van der Waals surface area contributed by atoms with Crippen LogP contribution in [0.1, 0.15) is 40.3 Å². The van der Waals surface area contributed by atoms with Crippen LogP contribution in [0.5, 0.6) is 0 Å². The minimum atomic E-state index is -0.0115. The van der Waals surface area contributed by atoms with Crippen molar-refractivity contribution < 1.29 is 0 Å². The van der Waals surface area contributed by atoms with Crippen LogP contribution >= 0.6 is 12.2 Å². The van der Waals surface area contributed by atoms with E-state index in [0.29, 0.717) is 0 Å². The Morgan fingerprint density at radius 1 is 1.00 bits per heavy atom. The van der Waals surface area contributed by atoms with Crippen LogP contribution in [-0.2, 0) is 0 Å². The van der Waals surface area contributed by atoms with Crippen LogP contribution in [0.2, 0.25) is 0 Å². The Morgan fingerprint density at radius 2 is 1.77 bits per heavy atom. The first kappa shape index (κ1) is 16.8. The molecule has 0 unspecified atom stereocenters. The maximum absolute atomic E-state index is 5.74. The van der Waals surface area contributed by atoms with Crippen molar-refractivity contribution in [3.05, 3.63) is 82.9 Å². The quantitative estimate of drug-likeness (QED) is 0.673. The average molecular weight is 363 g/mol. The number of benzene rings is 1. The fourth-order valence-electron chi connectivity index (χ4n) is 3.74. The van der Waals surface area contributed by atoms with E-state index in [0.717, 1.165) is 27.9 Å². The molecule has 1 fully saturated rings. The third-order valence-electron chi connectivity index (χ3n) is 4.76. The number of nitrogens with zero attached hydrogens (tertiary/aromatic N) is 2. The van der Waals surface area contributed by atoms with E-state index in [1.165, 1.54) is 11.1 Å². The van der Waals surface area contributed by atoms with Gasteiger partial charge in [-0.2, -0.15) is 0 Å². The zero-order valence-electron chi connectivity index (χ0n) is 15.2. The summed E-state index contributed by atoms with van der Waals surface area (Å²) in [4.78, 5) is 10.3. The number of aromatic amines is 1. The van der Waals surface area contributed by atoms with Crippen LogP contribution in [0, 0.1) is 20.8 Å². The summed E-state index contributed by atoms with van der Waals surface area (Å²) in [7, 11) is 0. The van der Waals surface area contributed by atoms with Crippen LogP contribution in [-0.4, -0.2) is 15.1 Å². The molecule has 1 aliphatic rings. The second kappa shape index (κ2) is 6.57. The fourth-order valence-corrected chi connectivity index (χ4v) is 4.08. The van der Waals surface area contributed by atoms with E-state index in [9.17, 15) is 0 Å². The molecule has 4 nitrogen and oxygen atoms in total. The van der Waals surface area contributed by atoms with Crippen LogP contribution in [0.4, 0.5) is 5.69 Å². The number of hydrogen-bond donors (Lipinski definition) is 2. The first-order valence-electron chi connectivity index (χ1n) is 8.77. The number of aromatic nitrogens is 2. The van der Waals surface area contributed by atoms with E-state index in [1.54, 1.807) is 0 Å². The third kappa shape index (κ3) is 2.99. The predicted octanol–water partition coefficient (Wildman–Crippen LogP) is 4.51. The second-order valence-corrected chi connectivity index (χ2v) is 7.33. The molecule has 0 radical (unpaired) electrons. The summed E-state index contributed by atoms with van der Waals surface area (Å²) < 4.78 is 0. The molecule has 0 spiro atoms. The molecule has 26 heavy (non-hydrogen) atoms. The van der Waals surface area contributed by atoms with Gasteiger partial charge in [-0.15, -0.1) is 0 Å². The molecule has 5 heteroatoms. The molecular weight excluding hydrogens is 340 g/mol. The molecule has 4 rings (SSSR count). The van der Waals surface area contributed by atoms with E-state index in [2.05, 4.69) is 71.3 Å². The molecule has 1 saturated heterocycles. The van der Waals surface area contributed by atoms with Crippen LogP contribution in [0.3, 0.4) is 0 Å². The lowest BCUT2D eigenvalue weighted by atomic mass is 10.0. The summed E-state index contributed by atoms with van der Waals surface area (Å²) in [5, 5.41) is 4.22. The Bertz CT molecular complexity index is 927. The van der Waals surface area contributed by atoms with Crippen LogP contribution in [0.15, 0.2) is 54.7 Å². The molecule has 0 saturated carbocycles. The average Bonchev–Trinajstić information content (AvgIpc) is 3.18. The number of nitrogens with one attached hydrogen (secondary N) is 2. The van der Waals surface area contributed by atoms with Gasteiger partial charge in [0.1, 0.15) is 6.04 Å². The minimum absolute atomic E-state index is 0.0115. The third-order valence-corrected chi connectivity index (χ3v) is 5.07. The van der Waals surface area contributed by atoms with Crippen molar-refractivity contribution >= 4 is 23.0 Å². The highest BCUT2D eigenvalue weighted by molar-refractivity contribution is 7.80. The normalized spacial score (nSPS) is 19.7. The topological polar surface area (TPSA) is 44.0 Å². The van der Waals surface area contributed by atoms with Gasteiger partial charge in [-0.25, -0.2) is 0 Å². The highest BCUT2D eigenvalue weighted by atomic mass is 32.1. The standard InChI is InChI=1S/C21H22N4S/c1-13-10-14(2)12-16(11-13)25-20(18-8-7-15(3)23-18)19(24-21(25)26)17-6-4-5-9-22-17/h4-12,19-20,23H,1-3H3,(H,24,26)/t19-,20+/m1/s1. The second-order valence-electron chi connectivity index (χ2n) is 6.94. The van der Waals surface area contributed by atoms with Gasteiger partial charge in [0, 0.05) is 23.3 Å². The zero-order valence-corrected chi connectivity index (χ0v) is 16.0. The summed E-state index contributed by atoms with van der Waals surface area (Å²) in [6.45, 7) is 6.31. The smallest absolute Gasteiger partial charge is 0.174 e. The molecule has 2 aromatic heterocycles. The van der Waals surface area contributed by atoms with Crippen molar-refractivity contribution in [2.24, 2.45) is 0 Å². The zero-order chi connectivity index (χ0) is 18.3. The largest absolute Gasteiger partial charge is 0.361 e. The highest BCUT2D eigenvalue weighted by Crippen LogP contribution is 2.41.